The van der Waals surface area contributed by atoms with Crippen molar-refractivity contribution in [2.24, 2.45) is 9.98 Å². The van der Waals surface area contributed by atoms with E-state index in [0.717, 1.165) is 6.21 Å². The summed E-state index contributed by atoms with van der Waals surface area (Å²) < 4.78 is 31.4. The Bertz CT molecular complexity index is 1210. The number of aryl methyl sites for hydroxylation is 2. The average Bonchev–Trinajstić information content (AvgIpc) is 3.04. The molecule has 0 amide bonds. The van der Waals surface area contributed by atoms with Crippen molar-refractivity contribution in [3.05, 3.63) is 58.6 Å². The highest BCUT2D eigenvalue weighted by Gasteiger charge is 2.17. The van der Waals surface area contributed by atoms with Gasteiger partial charge in [-0.25, -0.2) is 23.7 Å². The predicted octanol–water partition coefficient (Wildman–Crippen LogP) is 5.32. The number of nitrogens with zero attached hydrogens (tertiary/aromatic N) is 5. The fraction of sp³-hybridized carbons (Fsp3) is 0.227. The number of allylic oxidation sites excluding steroid dienone is 1. The molecule has 6 nitrogen and oxygen atoms in total. The number of aromatic nitrogens is 3. The van der Waals surface area contributed by atoms with Crippen LogP contribution in [0.25, 0.3) is 16.7 Å². The molecule has 3 rings (SSSR count). The number of carbonyl (C=O) groups is 1. The van der Waals surface area contributed by atoms with Crippen LogP contribution < -0.4 is 0 Å². The zero-order chi connectivity index (χ0) is 22.0. The number of imidazole rings is 1. The molecule has 1 aromatic carbocycles. The van der Waals surface area contributed by atoms with Crippen molar-refractivity contribution < 1.29 is 13.6 Å². The lowest BCUT2D eigenvalue weighted by Gasteiger charge is -2.11. The molecule has 0 fully saturated rings. The number of pyridine rings is 1. The van der Waals surface area contributed by atoms with Gasteiger partial charge in [0.25, 0.3) is 0 Å². The minimum atomic E-state index is -0.796. The van der Waals surface area contributed by atoms with E-state index in [-0.39, 0.29) is 28.6 Å². The van der Waals surface area contributed by atoms with Gasteiger partial charge in [-0.2, -0.15) is 0 Å². The topological polar surface area (TPSA) is 72.5 Å². The van der Waals surface area contributed by atoms with E-state index in [1.807, 2.05) is 18.4 Å². The van der Waals surface area contributed by atoms with Crippen molar-refractivity contribution in [3.8, 4) is 0 Å². The van der Waals surface area contributed by atoms with Gasteiger partial charge in [-0.1, -0.05) is 0 Å². The molecular formula is C22H21F2N5O. The number of hydrogen-bond donors (Lipinski definition) is 0. The van der Waals surface area contributed by atoms with Crippen LogP contribution in [-0.4, -0.2) is 33.8 Å². The summed E-state index contributed by atoms with van der Waals surface area (Å²) in [4.78, 5) is 27.0. The minimum absolute atomic E-state index is 0.0452. The third-order valence-electron chi connectivity index (χ3n) is 4.65. The molecule has 154 valence electrons. The van der Waals surface area contributed by atoms with E-state index in [1.165, 1.54) is 12.1 Å². The molecule has 0 atom stereocenters. The van der Waals surface area contributed by atoms with Crippen LogP contribution in [0.2, 0.25) is 0 Å². The maximum Gasteiger partial charge on any atom is 0.167 e. The number of halogens is 2. The summed E-state index contributed by atoms with van der Waals surface area (Å²) in [5.41, 5.74) is 1.76. The molecule has 0 bridgehead atoms. The van der Waals surface area contributed by atoms with E-state index in [2.05, 4.69) is 26.7 Å². The number of carbonyl (C=O) groups excluding carboxylic acids is 1. The lowest BCUT2D eigenvalue weighted by atomic mass is 10.1. The highest BCUT2D eigenvalue weighted by Crippen LogP contribution is 2.29. The van der Waals surface area contributed by atoms with Crippen LogP contribution in [0, 0.1) is 19.7 Å². The highest BCUT2D eigenvalue weighted by atomic mass is 19.1. The molecule has 0 N–H and O–H groups in total. The van der Waals surface area contributed by atoms with Crippen LogP contribution in [0.1, 0.15) is 47.3 Å². The molecule has 2 aromatic heterocycles. The van der Waals surface area contributed by atoms with Gasteiger partial charge in [0.1, 0.15) is 17.0 Å². The van der Waals surface area contributed by atoms with Crippen LogP contribution in [0.5, 0.6) is 0 Å². The van der Waals surface area contributed by atoms with Crippen molar-refractivity contribution in [2.75, 3.05) is 0 Å². The Morgan fingerprint density at radius 1 is 1.23 bits per heavy atom. The Balaban J connectivity index is 2.07. The van der Waals surface area contributed by atoms with Gasteiger partial charge in [0, 0.05) is 17.2 Å². The van der Waals surface area contributed by atoms with E-state index in [4.69, 9.17) is 0 Å². The second-order valence-electron chi connectivity index (χ2n) is 7.02. The lowest BCUT2D eigenvalue weighted by molar-refractivity contribution is 0.112. The molecule has 2 heterocycles. The number of fused-ring (bicyclic) bond motifs is 1. The van der Waals surface area contributed by atoms with Crippen molar-refractivity contribution in [1.29, 1.82) is 0 Å². The smallest absolute Gasteiger partial charge is 0.167 e. The summed E-state index contributed by atoms with van der Waals surface area (Å²) in [6.45, 7) is 10.8. The van der Waals surface area contributed by atoms with E-state index < -0.39 is 11.6 Å². The summed E-state index contributed by atoms with van der Waals surface area (Å²) in [5, 5.41) is 0. The first-order valence-electron chi connectivity index (χ1n) is 9.28. The monoisotopic (exact) mass is 409 g/mol. The normalized spacial score (nSPS) is 12.6. The third kappa shape index (κ3) is 3.94. The Morgan fingerprint density at radius 3 is 2.57 bits per heavy atom. The van der Waals surface area contributed by atoms with E-state index in [1.54, 1.807) is 26.0 Å². The number of benzene rings is 1. The molecule has 0 aliphatic carbocycles. The van der Waals surface area contributed by atoms with Gasteiger partial charge in [-0.15, -0.1) is 0 Å². The second kappa shape index (κ2) is 8.44. The molecule has 0 spiro atoms. The minimum Gasteiger partial charge on any atom is -0.326 e. The fourth-order valence-electron chi connectivity index (χ4n) is 3.30. The first-order chi connectivity index (χ1) is 14.3. The molecular weight excluding hydrogens is 388 g/mol. The number of aliphatic imine (C=N–C) groups is 2. The zero-order valence-electron chi connectivity index (χ0n) is 17.1. The number of aldehydes is 1. The van der Waals surface area contributed by atoms with E-state index in [9.17, 15) is 13.6 Å². The molecule has 0 unspecified atom stereocenters. The molecule has 8 heteroatoms. The number of hydrogen-bond acceptors (Lipinski definition) is 5. The van der Waals surface area contributed by atoms with Gasteiger partial charge in [-0.3, -0.25) is 9.79 Å². The third-order valence-corrected chi connectivity index (χ3v) is 4.65. The molecule has 0 saturated carbocycles. The van der Waals surface area contributed by atoms with Crippen molar-refractivity contribution in [1.82, 2.24) is 14.5 Å². The summed E-state index contributed by atoms with van der Waals surface area (Å²) in [6, 6.07) is 5.91. The molecule has 0 aliphatic rings. The van der Waals surface area contributed by atoms with Crippen molar-refractivity contribution in [3.63, 3.8) is 0 Å². The first-order valence-corrected chi connectivity index (χ1v) is 9.28. The Labute approximate surface area is 172 Å². The van der Waals surface area contributed by atoms with Gasteiger partial charge in [0.2, 0.25) is 0 Å². The molecule has 0 radical (unpaired) electrons. The Hall–Kier alpha value is -3.55. The zero-order valence-corrected chi connectivity index (χ0v) is 17.1. The fourth-order valence-corrected chi connectivity index (χ4v) is 3.30. The molecule has 0 saturated heterocycles. The molecule has 30 heavy (non-hydrogen) atoms. The summed E-state index contributed by atoms with van der Waals surface area (Å²) in [5.74, 6) is -0.477. The van der Waals surface area contributed by atoms with Crippen LogP contribution >= 0.6 is 0 Å². The van der Waals surface area contributed by atoms with E-state index in [0.29, 0.717) is 28.9 Å². The van der Waals surface area contributed by atoms with Gasteiger partial charge < -0.3 is 4.57 Å². The summed E-state index contributed by atoms with van der Waals surface area (Å²) in [6.07, 6.45) is 1.63. The SMILES string of the molecule is C=N/C(=C(/F)C=Nc1ccc(C=O)c(C)n1)c1cc(F)c2nc(C)n(C(C)C)c2c1. The van der Waals surface area contributed by atoms with Crippen LogP contribution in [0.15, 0.2) is 40.1 Å². The Kier molecular flexibility index (Phi) is 5.96. The Morgan fingerprint density at radius 2 is 1.97 bits per heavy atom. The largest absolute Gasteiger partial charge is 0.326 e. The van der Waals surface area contributed by atoms with Crippen LogP contribution in [0.3, 0.4) is 0 Å². The standard InChI is InChI=1S/C22H21F2N5O/c1-12(2)29-14(4)28-22-17(23)8-16(9-19(22)29)21(25-5)18(24)10-26-20-7-6-15(11-30)13(3)27-20/h6-12H,5H2,1-4H3/b21-18+,26-10?. The summed E-state index contributed by atoms with van der Waals surface area (Å²) in [7, 11) is 0. The maximum absolute atomic E-state index is 14.8. The maximum atomic E-state index is 14.8. The number of rotatable bonds is 6. The highest BCUT2D eigenvalue weighted by molar-refractivity contribution is 5.92. The van der Waals surface area contributed by atoms with Gasteiger partial charge in [0.15, 0.2) is 23.7 Å². The molecule has 3 aromatic rings. The quantitative estimate of drug-likeness (QED) is 0.408. The first kappa shape index (κ1) is 21.2. The van der Waals surface area contributed by atoms with Gasteiger partial charge >= 0.3 is 0 Å². The average molecular weight is 409 g/mol. The predicted molar refractivity (Wildman–Crippen MR) is 115 cm³/mol. The van der Waals surface area contributed by atoms with Crippen LogP contribution in [0.4, 0.5) is 14.6 Å². The molecule has 0 aliphatic heterocycles. The van der Waals surface area contributed by atoms with Gasteiger partial charge in [0.05, 0.1) is 17.4 Å². The van der Waals surface area contributed by atoms with Gasteiger partial charge in [-0.05, 0) is 58.7 Å². The second-order valence-corrected chi connectivity index (χ2v) is 7.02. The summed E-state index contributed by atoms with van der Waals surface area (Å²) >= 11 is 0. The van der Waals surface area contributed by atoms with Crippen molar-refractivity contribution in [2.45, 2.75) is 33.7 Å². The lowest BCUT2D eigenvalue weighted by Crippen LogP contribution is -2.03. The van der Waals surface area contributed by atoms with Crippen LogP contribution in [-0.2, 0) is 0 Å². The van der Waals surface area contributed by atoms with E-state index >= 15 is 0 Å². The van der Waals surface area contributed by atoms with Crippen molar-refractivity contribution >= 4 is 41.8 Å².